The molecule has 0 saturated heterocycles. The number of aromatic nitrogens is 3. The molecule has 3 heterocycles. The lowest BCUT2D eigenvalue weighted by molar-refractivity contribution is 0.288. The number of nitrogens with zero attached hydrogens (tertiary/aromatic N) is 4. The Balaban J connectivity index is 2.15. The quantitative estimate of drug-likeness (QED) is 0.621. The minimum absolute atomic E-state index is 0.884. The monoisotopic (exact) mass is 360 g/mol. The molecule has 0 bridgehead atoms. The molecule has 4 nitrogen and oxygen atoms in total. The lowest BCUT2D eigenvalue weighted by Gasteiger charge is -2.19. The Bertz CT molecular complexity index is 951. The standard InChI is InChI=1S/C18H24N4S2/c1-6-21(7-2)8-9-22-13(5)20-15-14-11(3)10-12(4)19-17(14)24-16(15)18(22)23/h10H,6-9H2,1-5H3. The maximum absolute atomic E-state index is 5.81. The minimum Gasteiger partial charge on any atom is -0.319 e. The van der Waals surface area contributed by atoms with E-state index in [9.17, 15) is 0 Å². The van der Waals surface area contributed by atoms with E-state index < -0.39 is 0 Å². The molecule has 24 heavy (non-hydrogen) atoms. The van der Waals surface area contributed by atoms with Crippen LogP contribution in [-0.2, 0) is 6.54 Å². The minimum atomic E-state index is 0.884. The lowest BCUT2D eigenvalue weighted by Crippen LogP contribution is -2.27. The van der Waals surface area contributed by atoms with Gasteiger partial charge < -0.3 is 9.47 Å². The van der Waals surface area contributed by atoms with Crippen molar-refractivity contribution in [1.82, 2.24) is 19.4 Å². The molecular formula is C18H24N4S2. The van der Waals surface area contributed by atoms with Crippen LogP contribution in [0.3, 0.4) is 0 Å². The van der Waals surface area contributed by atoms with Gasteiger partial charge in [0.1, 0.15) is 15.3 Å². The molecule has 0 radical (unpaired) electrons. The van der Waals surface area contributed by atoms with Gasteiger partial charge in [0.25, 0.3) is 0 Å². The zero-order valence-electron chi connectivity index (χ0n) is 15.0. The van der Waals surface area contributed by atoms with Crippen LogP contribution in [0.25, 0.3) is 20.4 Å². The molecule has 0 spiro atoms. The largest absolute Gasteiger partial charge is 0.319 e. The van der Waals surface area contributed by atoms with E-state index in [1.807, 2.05) is 6.92 Å². The molecule has 0 atom stereocenters. The van der Waals surface area contributed by atoms with Gasteiger partial charge >= 0.3 is 0 Å². The molecule has 3 aromatic rings. The first-order valence-corrected chi connectivity index (χ1v) is 9.69. The summed E-state index contributed by atoms with van der Waals surface area (Å²) in [4.78, 5) is 13.0. The highest BCUT2D eigenvalue weighted by atomic mass is 32.1. The van der Waals surface area contributed by atoms with E-state index in [2.05, 4.69) is 48.2 Å². The molecule has 3 rings (SSSR count). The summed E-state index contributed by atoms with van der Waals surface area (Å²) < 4.78 is 4.16. The number of likely N-dealkylation sites (N-methyl/N-ethyl adjacent to an activating group) is 1. The van der Waals surface area contributed by atoms with E-state index in [1.165, 1.54) is 5.56 Å². The van der Waals surface area contributed by atoms with Crippen LogP contribution in [0, 0.1) is 25.4 Å². The smallest absolute Gasteiger partial charge is 0.127 e. The second-order valence-electron chi connectivity index (χ2n) is 6.18. The van der Waals surface area contributed by atoms with Gasteiger partial charge in [-0.05, 0) is 45.5 Å². The van der Waals surface area contributed by atoms with E-state index in [-0.39, 0.29) is 0 Å². The maximum atomic E-state index is 5.81. The van der Waals surface area contributed by atoms with E-state index in [4.69, 9.17) is 17.2 Å². The third-order valence-electron chi connectivity index (χ3n) is 4.60. The van der Waals surface area contributed by atoms with E-state index in [0.29, 0.717) is 0 Å². The molecular weight excluding hydrogens is 336 g/mol. The summed E-state index contributed by atoms with van der Waals surface area (Å²) >= 11 is 7.48. The van der Waals surface area contributed by atoms with Crippen molar-refractivity contribution in [3.05, 3.63) is 27.8 Å². The molecule has 0 aliphatic carbocycles. The second kappa shape index (κ2) is 6.86. The lowest BCUT2D eigenvalue weighted by atomic mass is 10.1. The normalized spacial score (nSPS) is 11.9. The van der Waals surface area contributed by atoms with Gasteiger partial charge in [-0.2, -0.15) is 0 Å². The first-order chi connectivity index (χ1) is 11.5. The molecule has 6 heteroatoms. The van der Waals surface area contributed by atoms with E-state index in [0.717, 1.165) is 62.8 Å². The van der Waals surface area contributed by atoms with Crippen LogP contribution in [0.2, 0.25) is 0 Å². The van der Waals surface area contributed by atoms with Gasteiger partial charge in [0.2, 0.25) is 0 Å². The fourth-order valence-electron chi connectivity index (χ4n) is 3.21. The summed E-state index contributed by atoms with van der Waals surface area (Å²) in [6.07, 6.45) is 0. The first-order valence-electron chi connectivity index (χ1n) is 8.46. The van der Waals surface area contributed by atoms with E-state index >= 15 is 0 Å². The highest BCUT2D eigenvalue weighted by molar-refractivity contribution is 7.72. The number of thiophene rings is 1. The number of hydrogen-bond donors (Lipinski definition) is 0. The Morgan fingerprint density at radius 3 is 2.54 bits per heavy atom. The van der Waals surface area contributed by atoms with Gasteiger partial charge in [-0.1, -0.05) is 26.1 Å². The summed E-state index contributed by atoms with van der Waals surface area (Å²) in [5.41, 5.74) is 3.29. The van der Waals surface area contributed by atoms with Gasteiger partial charge in [-0.3, -0.25) is 0 Å². The predicted octanol–water partition coefficient (Wildman–Crippen LogP) is 4.64. The zero-order valence-corrected chi connectivity index (χ0v) is 16.6. The van der Waals surface area contributed by atoms with Crippen molar-refractivity contribution >= 4 is 44.0 Å². The summed E-state index contributed by atoms with van der Waals surface area (Å²) in [6.45, 7) is 14.6. The van der Waals surface area contributed by atoms with Gasteiger partial charge in [0.05, 0.1) is 10.2 Å². The molecule has 0 aromatic carbocycles. The molecule has 0 unspecified atom stereocenters. The van der Waals surface area contributed by atoms with Crippen molar-refractivity contribution in [3.8, 4) is 0 Å². The molecule has 0 N–H and O–H groups in total. The Hall–Kier alpha value is -1.37. The Morgan fingerprint density at radius 2 is 1.88 bits per heavy atom. The summed E-state index contributed by atoms with van der Waals surface area (Å²) in [5, 5.41) is 1.16. The highest BCUT2D eigenvalue weighted by Gasteiger charge is 2.15. The van der Waals surface area contributed by atoms with E-state index in [1.54, 1.807) is 11.3 Å². The average molecular weight is 361 g/mol. The maximum Gasteiger partial charge on any atom is 0.127 e. The topological polar surface area (TPSA) is 34.0 Å². The van der Waals surface area contributed by atoms with Crippen molar-refractivity contribution in [1.29, 1.82) is 0 Å². The number of fused-ring (bicyclic) bond motifs is 3. The third-order valence-corrected chi connectivity index (χ3v) is 6.23. The molecule has 128 valence electrons. The average Bonchev–Trinajstić information content (AvgIpc) is 2.89. The van der Waals surface area contributed by atoms with Gasteiger partial charge in [-0.15, -0.1) is 11.3 Å². The molecule has 0 fully saturated rings. The molecule has 0 aliphatic rings. The number of rotatable bonds is 5. The Morgan fingerprint density at radius 1 is 1.17 bits per heavy atom. The number of hydrogen-bond acceptors (Lipinski definition) is 5. The summed E-state index contributed by atoms with van der Waals surface area (Å²) in [6, 6.07) is 2.12. The fourth-order valence-corrected chi connectivity index (χ4v) is 4.84. The Labute approximate surface area is 152 Å². The van der Waals surface area contributed by atoms with Gasteiger partial charge in [-0.25, -0.2) is 9.97 Å². The van der Waals surface area contributed by atoms with Crippen molar-refractivity contribution < 1.29 is 0 Å². The van der Waals surface area contributed by atoms with Crippen LogP contribution in [0.4, 0.5) is 0 Å². The van der Waals surface area contributed by atoms with Gasteiger partial charge in [0.15, 0.2) is 0 Å². The van der Waals surface area contributed by atoms with Crippen molar-refractivity contribution in [2.75, 3.05) is 19.6 Å². The SMILES string of the molecule is CCN(CC)CCn1c(C)nc2c(sc3nc(C)cc(C)c32)c1=S. The summed E-state index contributed by atoms with van der Waals surface area (Å²) in [7, 11) is 0. The molecule has 0 saturated carbocycles. The van der Waals surface area contributed by atoms with Crippen LogP contribution < -0.4 is 0 Å². The summed E-state index contributed by atoms with van der Waals surface area (Å²) in [5.74, 6) is 0.985. The fraction of sp³-hybridized carbons (Fsp3) is 0.500. The van der Waals surface area contributed by atoms with Crippen molar-refractivity contribution in [3.63, 3.8) is 0 Å². The van der Waals surface area contributed by atoms with Crippen molar-refractivity contribution in [2.45, 2.75) is 41.2 Å². The van der Waals surface area contributed by atoms with Gasteiger partial charge in [0, 0.05) is 24.2 Å². The third kappa shape index (κ3) is 2.98. The number of pyridine rings is 1. The predicted molar refractivity (Wildman–Crippen MR) is 106 cm³/mol. The Kier molecular flexibility index (Phi) is 4.99. The first kappa shape index (κ1) is 17.5. The van der Waals surface area contributed by atoms with Crippen LogP contribution >= 0.6 is 23.6 Å². The highest BCUT2D eigenvalue weighted by Crippen LogP contribution is 2.34. The van der Waals surface area contributed by atoms with Crippen LogP contribution in [-0.4, -0.2) is 39.1 Å². The van der Waals surface area contributed by atoms with Crippen molar-refractivity contribution in [2.24, 2.45) is 0 Å². The van der Waals surface area contributed by atoms with Crippen LogP contribution in [0.1, 0.15) is 30.9 Å². The zero-order chi connectivity index (χ0) is 17.4. The molecule has 0 aliphatic heterocycles. The molecule has 0 amide bonds. The molecule has 3 aromatic heterocycles. The van der Waals surface area contributed by atoms with Crippen LogP contribution in [0.5, 0.6) is 0 Å². The van der Waals surface area contributed by atoms with Crippen LogP contribution in [0.15, 0.2) is 6.07 Å². The second-order valence-corrected chi connectivity index (χ2v) is 7.57. The number of aryl methyl sites for hydroxylation is 3.